The molecule has 5 rings (SSSR count). The van der Waals surface area contributed by atoms with Gasteiger partial charge in [0.1, 0.15) is 17.3 Å². The minimum Gasteiger partial charge on any atom is -0.497 e. The van der Waals surface area contributed by atoms with Crippen LogP contribution in [0, 0.1) is 5.92 Å². The van der Waals surface area contributed by atoms with Crippen LogP contribution in [0.25, 0.3) is 22.4 Å². The van der Waals surface area contributed by atoms with Crippen LogP contribution in [0.1, 0.15) is 12.8 Å². The van der Waals surface area contributed by atoms with Crippen molar-refractivity contribution in [2.24, 2.45) is 5.92 Å². The van der Waals surface area contributed by atoms with Gasteiger partial charge in [-0.2, -0.15) is 4.98 Å². The average Bonchev–Trinajstić information content (AvgIpc) is 3.36. The summed E-state index contributed by atoms with van der Waals surface area (Å²) in [6, 6.07) is 13.2. The monoisotopic (exact) mass is 459 g/mol. The summed E-state index contributed by atoms with van der Waals surface area (Å²) in [6.07, 6.45) is 3.44. The predicted molar refractivity (Wildman–Crippen MR) is 128 cm³/mol. The van der Waals surface area contributed by atoms with E-state index in [1.165, 1.54) is 0 Å². The van der Waals surface area contributed by atoms with Gasteiger partial charge in [-0.1, -0.05) is 12.1 Å². The lowest BCUT2D eigenvalue weighted by molar-refractivity contribution is -0.120. The number of hydrogen-bond donors (Lipinski definition) is 2. The molecule has 0 aliphatic carbocycles. The second kappa shape index (κ2) is 9.34. The zero-order chi connectivity index (χ0) is 23.5. The summed E-state index contributed by atoms with van der Waals surface area (Å²) >= 11 is 0. The molecule has 1 unspecified atom stereocenters. The van der Waals surface area contributed by atoms with Crippen molar-refractivity contribution in [3.05, 3.63) is 48.7 Å². The van der Waals surface area contributed by atoms with E-state index in [1.807, 2.05) is 36.4 Å². The van der Waals surface area contributed by atoms with Crippen LogP contribution in [0.5, 0.6) is 11.5 Å². The molecule has 1 aliphatic rings. The second-order valence-electron chi connectivity index (χ2n) is 8.10. The largest absolute Gasteiger partial charge is 0.497 e. The van der Waals surface area contributed by atoms with Crippen molar-refractivity contribution in [3.8, 4) is 22.9 Å². The number of piperidine rings is 1. The highest BCUT2D eigenvalue weighted by Gasteiger charge is 2.27. The van der Waals surface area contributed by atoms with Crippen molar-refractivity contribution in [2.45, 2.75) is 12.8 Å². The molecule has 2 aromatic heterocycles. The van der Waals surface area contributed by atoms with Gasteiger partial charge in [-0.25, -0.2) is 4.98 Å². The Hall–Kier alpha value is -4.21. The van der Waals surface area contributed by atoms with Crippen molar-refractivity contribution in [1.29, 1.82) is 0 Å². The van der Waals surface area contributed by atoms with Crippen LogP contribution in [-0.2, 0) is 4.79 Å². The number of amides is 1. The lowest BCUT2D eigenvalue weighted by Gasteiger charge is -2.32. The summed E-state index contributed by atoms with van der Waals surface area (Å²) in [5.41, 5.74) is 2.43. The Bertz CT molecular complexity index is 1300. The molecule has 0 radical (unpaired) electrons. The number of anilines is 2. The number of fused-ring (bicyclic) bond motifs is 1. The first-order chi connectivity index (χ1) is 16.6. The predicted octanol–water partition coefficient (Wildman–Crippen LogP) is 3.29. The fourth-order valence-electron chi connectivity index (χ4n) is 4.10. The van der Waals surface area contributed by atoms with E-state index in [-0.39, 0.29) is 17.8 Å². The van der Waals surface area contributed by atoms with E-state index in [4.69, 9.17) is 14.5 Å². The Labute approximate surface area is 196 Å². The number of nitrogens with one attached hydrogen (secondary N) is 2. The maximum absolute atomic E-state index is 13.0. The summed E-state index contributed by atoms with van der Waals surface area (Å²) in [5, 5.41) is 9.88. The summed E-state index contributed by atoms with van der Waals surface area (Å²) in [5.74, 6) is 2.45. The molecule has 0 spiro atoms. The van der Waals surface area contributed by atoms with E-state index in [0.29, 0.717) is 23.9 Å². The Morgan fingerprint density at radius 1 is 1.09 bits per heavy atom. The van der Waals surface area contributed by atoms with Gasteiger partial charge in [0.15, 0.2) is 5.82 Å². The maximum atomic E-state index is 13.0. The molecule has 1 saturated heterocycles. The fraction of sp³-hybridized carbons (Fsp3) is 0.292. The number of carbonyl (C=O) groups excluding carboxylic acids is 1. The maximum Gasteiger partial charge on any atom is 0.249 e. The molecule has 10 nitrogen and oxygen atoms in total. The number of rotatable bonds is 6. The zero-order valence-corrected chi connectivity index (χ0v) is 19.0. The van der Waals surface area contributed by atoms with Crippen LogP contribution >= 0.6 is 0 Å². The molecule has 1 fully saturated rings. The number of carbonyl (C=O) groups is 1. The van der Waals surface area contributed by atoms with Gasteiger partial charge in [-0.15, -0.1) is 5.10 Å². The highest BCUT2D eigenvalue weighted by Crippen LogP contribution is 2.28. The number of aromatic nitrogens is 5. The van der Waals surface area contributed by atoms with Crippen LogP contribution < -0.4 is 19.7 Å². The van der Waals surface area contributed by atoms with Crippen LogP contribution in [0.3, 0.4) is 0 Å². The highest BCUT2D eigenvalue weighted by molar-refractivity contribution is 5.91. The number of ether oxygens (including phenoxy) is 2. The van der Waals surface area contributed by atoms with Crippen LogP contribution in [0.15, 0.2) is 48.7 Å². The summed E-state index contributed by atoms with van der Waals surface area (Å²) in [7, 11) is 3.17. The van der Waals surface area contributed by atoms with E-state index in [9.17, 15) is 4.79 Å². The van der Waals surface area contributed by atoms with Crippen molar-refractivity contribution in [2.75, 3.05) is 37.5 Å². The molecular weight excluding hydrogens is 434 g/mol. The van der Waals surface area contributed by atoms with Crippen molar-refractivity contribution in [1.82, 2.24) is 25.1 Å². The molecule has 2 N–H and O–H groups in total. The lowest BCUT2D eigenvalue weighted by Crippen LogP contribution is -2.41. The molecule has 4 aromatic rings. The molecule has 1 aliphatic heterocycles. The number of aromatic amines is 1. The van der Waals surface area contributed by atoms with Crippen molar-refractivity contribution >= 4 is 28.7 Å². The standard InChI is InChI=1S/C24H25N7O3/c1-33-17-10-16(11-18(12-17)34-2)22-27-24(30-29-22)28-23(32)15-6-5-9-31(14-15)21-13-25-19-7-3-4-8-20(19)26-21/h3-4,7-8,10-13,15H,5-6,9,14H2,1-2H3,(H2,27,28,29,30,32). The first-order valence-corrected chi connectivity index (χ1v) is 11.1. The Morgan fingerprint density at radius 3 is 2.62 bits per heavy atom. The Kier molecular flexibility index (Phi) is 5.94. The third-order valence-electron chi connectivity index (χ3n) is 5.90. The molecule has 1 atom stereocenters. The normalized spacial score (nSPS) is 15.8. The molecule has 10 heteroatoms. The van der Waals surface area contributed by atoms with Crippen molar-refractivity contribution in [3.63, 3.8) is 0 Å². The minimum absolute atomic E-state index is 0.118. The van der Waals surface area contributed by atoms with E-state index in [2.05, 4.69) is 30.4 Å². The summed E-state index contributed by atoms with van der Waals surface area (Å²) < 4.78 is 10.6. The number of para-hydroxylation sites is 2. The van der Waals surface area contributed by atoms with Gasteiger partial charge < -0.3 is 14.4 Å². The number of methoxy groups -OCH3 is 2. The van der Waals surface area contributed by atoms with Crippen molar-refractivity contribution < 1.29 is 14.3 Å². The van der Waals surface area contributed by atoms with E-state index in [0.717, 1.165) is 41.8 Å². The third kappa shape index (κ3) is 4.47. The summed E-state index contributed by atoms with van der Waals surface area (Å²) in [4.78, 5) is 28.8. The van der Waals surface area contributed by atoms with Gasteiger partial charge in [0.25, 0.3) is 0 Å². The first-order valence-electron chi connectivity index (χ1n) is 11.1. The molecular formula is C24H25N7O3. The van der Waals surface area contributed by atoms with E-state index < -0.39 is 0 Å². The Morgan fingerprint density at radius 2 is 1.85 bits per heavy atom. The highest BCUT2D eigenvalue weighted by atomic mass is 16.5. The van der Waals surface area contributed by atoms with E-state index in [1.54, 1.807) is 26.5 Å². The SMILES string of the molecule is COc1cc(OC)cc(-c2nc(NC(=O)C3CCCN(c4cnc5ccccc5n4)C3)n[nH]2)c1. The molecule has 34 heavy (non-hydrogen) atoms. The molecule has 3 heterocycles. The zero-order valence-electron chi connectivity index (χ0n) is 19.0. The Balaban J connectivity index is 1.28. The van der Waals surface area contributed by atoms with Crippen LogP contribution in [0.4, 0.5) is 11.8 Å². The fourth-order valence-corrected chi connectivity index (χ4v) is 4.10. The second-order valence-corrected chi connectivity index (χ2v) is 8.10. The van der Waals surface area contributed by atoms with E-state index >= 15 is 0 Å². The minimum atomic E-state index is -0.208. The molecule has 1 amide bonds. The smallest absolute Gasteiger partial charge is 0.249 e. The first kappa shape index (κ1) is 21.6. The molecule has 0 bridgehead atoms. The number of nitrogens with zero attached hydrogens (tertiary/aromatic N) is 5. The van der Waals surface area contributed by atoms with Gasteiger partial charge >= 0.3 is 0 Å². The van der Waals surface area contributed by atoms with Gasteiger partial charge in [0.2, 0.25) is 11.9 Å². The number of hydrogen-bond acceptors (Lipinski definition) is 8. The topological polar surface area (TPSA) is 118 Å². The van der Waals surface area contributed by atoms with Crippen LogP contribution in [-0.4, -0.2) is 58.4 Å². The van der Waals surface area contributed by atoms with Gasteiger partial charge in [0, 0.05) is 24.7 Å². The quantitative estimate of drug-likeness (QED) is 0.451. The van der Waals surface area contributed by atoms with Gasteiger partial charge in [-0.05, 0) is 37.1 Å². The molecule has 0 saturated carbocycles. The number of benzene rings is 2. The van der Waals surface area contributed by atoms with Gasteiger partial charge in [-0.3, -0.25) is 20.2 Å². The van der Waals surface area contributed by atoms with Gasteiger partial charge in [0.05, 0.1) is 37.4 Å². The number of H-pyrrole nitrogens is 1. The third-order valence-corrected chi connectivity index (χ3v) is 5.90. The summed E-state index contributed by atoms with van der Waals surface area (Å²) in [6.45, 7) is 1.39. The molecule has 174 valence electrons. The molecule has 2 aromatic carbocycles. The average molecular weight is 460 g/mol. The lowest BCUT2D eigenvalue weighted by atomic mass is 9.97. The van der Waals surface area contributed by atoms with Crippen LogP contribution in [0.2, 0.25) is 0 Å².